The van der Waals surface area contributed by atoms with Crippen molar-refractivity contribution in [3.63, 3.8) is 0 Å². The zero-order chi connectivity index (χ0) is 44.8. The van der Waals surface area contributed by atoms with Crippen molar-refractivity contribution in [1.29, 1.82) is 0 Å². The van der Waals surface area contributed by atoms with Gasteiger partial charge in [0.1, 0.15) is 0 Å². The van der Waals surface area contributed by atoms with E-state index in [1.807, 2.05) is 24.3 Å². The standard InChI is InChI=1S/C44H58ClF3N6O8/c1-43(2,3)40(57)61-27-60-37(55)15-18-51-16-8-29(9-17-51)30-10-19-52(20-11-30)39(56)36(26-28-24-33(44(46,47)48)38(49)34(45)25-28)62-42(59)53-21-13-32(14-22-53)54-23-12-31-6-4-5-7-35(31)50-41(54)58/h4-7,24-25,29-30,32,36H,8-23,26-27,49H2,1-3H3,(H,50,58)/t36-/m1/s1. The molecule has 4 aliphatic rings. The monoisotopic (exact) mass is 890 g/mol. The number of fused-ring (bicyclic) bond motifs is 1. The fourth-order valence-electron chi connectivity index (χ4n) is 8.84. The Morgan fingerprint density at radius 2 is 1.50 bits per heavy atom. The van der Waals surface area contributed by atoms with Crippen molar-refractivity contribution in [2.45, 2.75) is 96.9 Å². The average molecular weight is 891 g/mol. The number of hydrogen-bond donors (Lipinski definition) is 2. The highest BCUT2D eigenvalue weighted by Crippen LogP contribution is 2.39. The van der Waals surface area contributed by atoms with Crippen molar-refractivity contribution < 1.29 is 51.4 Å². The smallest absolute Gasteiger partial charge is 0.418 e. The van der Waals surface area contributed by atoms with Gasteiger partial charge < -0.3 is 44.9 Å². The number of nitrogens with two attached hydrogens (primary N) is 1. The van der Waals surface area contributed by atoms with Gasteiger partial charge in [-0.15, -0.1) is 0 Å². The quantitative estimate of drug-likeness (QED) is 0.137. The molecule has 2 aromatic rings. The van der Waals surface area contributed by atoms with E-state index in [9.17, 15) is 37.1 Å². The minimum atomic E-state index is -4.80. The molecule has 0 saturated carbocycles. The molecule has 0 aliphatic carbocycles. The van der Waals surface area contributed by atoms with Crippen LogP contribution in [0.3, 0.4) is 0 Å². The van der Waals surface area contributed by atoms with Gasteiger partial charge in [0.25, 0.3) is 5.91 Å². The molecule has 62 heavy (non-hydrogen) atoms. The van der Waals surface area contributed by atoms with Crippen molar-refractivity contribution in [3.05, 3.63) is 58.1 Å². The maximum absolute atomic E-state index is 14.2. The van der Waals surface area contributed by atoms with Gasteiger partial charge in [-0.1, -0.05) is 29.8 Å². The second kappa shape index (κ2) is 20.2. The first-order valence-corrected chi connectivity index (χ1v) is 21.8. The second-order valence-corrected chi connectivity index (χ2v) is 18.2. The number of para-hydroxylation sites is 1. The summed E-state index contributed by atoms with van der Waals surface area (Å²) in [5.41, 5.74) is 5.11. The van der Waals surface area contributed by atoms with Gasteiger partial charge in [-0.3, -0.25) is 14.4 Å². The van der Waals surface area contributed by atoms with Gasteiger partial charge in [0, 0.05) is 57.4 Å². The van der Waals surface area contributed by atoms with Crippen LogP contribution in [0.1, 0.15) is 82.4 Å². The lowest BCUT2D eigenvalue weighted by atomic mass is 9.78. The van der Waals surface area contributed by atoms with Crippen LogP contribution in [0.2, 0.25) is 5.02 Å². The summed E-state index contributed by atoms with van der Waals surface area (Å²) in [6.45, 7) is 8.70. The highest BCUT2D eigenvalue weighted by Gasteiger charge is 2.39. The van der Waals surface area contributed by atoms with E-state index >= 15 is 0 Å². The summed E-state index contributed by atoms with van der Waals surface area (Å²) >= 11 is 6.15. The Morgan fingerprint density at radius 1 is 0.871 bits per heavy atom. The van der Waals surface area contributed by atoms with Crippen molar-refractivity contribution in [3.8, 4) is 0 Å². The molecule has 1 atom stereocenters. The zero-order valence-corrected chi connectivity index (χ0v) is 36.4. The maximum atomic E-state index is 14.2. The second-order valence-electron chi connectivity index (χ2n) is 17.8. The van der Waals surface area contributed by atoms with Crippen LogP contribution in [0.25, 0.3) is 0 Å². The number of carbonyl (C=O) groups is 5. The van der Waals surface area contributed by atoms with Crippen LogP contribution in [0.15, 0.2) is 36.4 Å². The number of piperidine rings is 3. The van der Waals surface area contributed by atoms with E-state index < -0.39 is 59.7 Å². The highest BCUT2D eigenvalue weighted by atomic mass is 35.5. The largest absolute Gasteiger partial charge is 0.436 e. The number of benzene rings is 2. The number of alkyl halides is 3. The fraction of sp³-hybridized carbons (Fsp3) is 0.614. The molecule has 0 unspecified atom stereocenters. The number of likely N-dealkylation sites (tertiary alicyclic amines) is 3. The number of nitrogens with one attached hydrogen (secondary N) is 1. The molecule has 4 amide bonds. The molecule has 0 spiro atoms. The minimum Gasteiger partial charge on any atom is -0.436 e. The van der Waals surface area contributed by atoms with Gasteiger partial charge in [0.05, 0.1) is 28.1 Å². The van der Waals surface area contributed by atoms with Crippen LogP contribution in [0.4, 0.5) is 34.1 Å². The van der Waals surface area contributed by atoms with Crippen molar-refractivity contribution in [2.24, 2.45) is 17.3 Å². The van der Waals surface area contributed by atoms with Gasteiger partial charge in [0.2, 0.25) is 6.79 Å². The van der Waals surface area contributed by atoms with Crippen LogP contribution >= 0.6 is 11.6 Å². The number of nitrogens with zero attached hydrogens (tertiary/aromatic N) is 4. The Morgan fingerprint density at radius 3 is 2.15 bits per heavy atom. The van der Waals surface area contributed by atoms with Crippen LogP contribution < -0.4 is 11.1 Å². The molecule has 3 saturated heterocycles. The Bertz CT molecular complexity index is 1940. The number of amides is 4. The SMILES string of the molecule is CC(C)(C)C(=O)OCOC(=O)CCN1CCC(C2CCN(C(=O)[C@@H](Cc3cc(Cl)c(N)c(C(F)(F)F)c3)OC(=O)N3CCC(N4CCc5ccccc5NC4=O)CC3)CC2)CC1. The molecular formula is C44H58ClF3N6O8. The number of anilines is 2. The molecule has 3 N–H and O–H groups in total. The number of hydrogen-bond acceptors (Lipinski definition) is 10. The summed E-state index contributed by atoms with van der Waals surface area (Å²) in [6.07, 6.45) is -2.23. The first-order chi connectivity index (χ1) is 29.4. The summed E-state index contributed by atoms with van der Waals surface area (Å²) in [5, 5.41) is 2.67. The van der Waals surface area contributed by atoms with Crippen molar-refractivity contribution in [1.82, 2.24) is 19.6 Å². The number of nitrogen functional groups attached to an aromatic ring is 1. The van der Waals surface area contributed by atoms with Gasteiger partial charge in [-0.05, 0) is 120 Å². The number of carbonyl (C=O) groups excluding carboxylic acids is 5. The highest BCUT2D eigenvalue weighted by molar-refractivity contribution is 6.33. The van der Waals surface area contributed by atoms with E-state index in [1.54, 1.807) is 30.6 Å². The van der Waals surface area contributed by atoms with Gasteiger partial charge in [-0.25, -0.2) is 9.59 Å². The maximum Gasteiger partial charge on any atom is 0.418 e. The molecule has 2 aromatic carbocycles. The molecule has 0 bridgehead atoms. The zero-order valence-electron chi connectivity index (χ0n) is 35.6. The summed E-state index contributed by atoms with van der Waals surface area (Å²) in [5.74, 6) is -0.628. The number of halogens is 4. The third-order valence-electron chi connectivity index (χ3n) is 12.5. The molecule has 340 valence electrons. The molecule has 6 rings (SSSR count). The Kier molecular flexibility index (Phi) is 15.2. The summed E-state index contributed by atoms with van der Waals surface area (Å²) in [4.78, 5) is 72.3. The lowest BCUT2D eigenvalue weighted by Crippen LogP contribution is -2.52. The van der Waals surface area contributed by atoms with Crippen LogP contribution in [-0.4, -0.2) is 121 Å². The number of esters is 2. The van der Waals surface area contributed by atoms with E-state index in [1.165, 1.54) is 11.0 Å². The first-order valence-electron chi connectivity index (χ1n) is 21.5. The number of ether oxygens (including phenoxy) is 3. The number of rotatable bonds is 11. The summed E-state index contributed by atoms with van der Waals surface area (Å²) in [7, 11) is 0. The molecule has 0 radical (unpaired) electrons. The van der Waals surface area contributed by atoms with E-state index in [0.717, 1.165) is 43.2 Å². The third kappa shape index (κ3) is 12.0. The first kappa shape index (κ1) is 46.7. The molecule has 4 heterocycles. The predicted molar refractivity (Wildman–Crippen MR) is 225 cm³/mol. The van der Waals surface area contributed by atoms with Crippen molar-refractivity contribution >= 4 is 52.9 Å². The molecule has 3 fully saturated rings. The van der Waals surface area contributed by atoms with Gasteiger partial charge in [0.15, 0.2) is 6.10 Å². The number of urea groups is 1. The summed E-state index contributed by atoms with van der Waals surface area (Å²) < 4.78 is 57.8. The molecule has 0 aromatic heterocycles. The van der Waals surface area contributed by atoms with Crippen LogP contribution in [0, 0.1) is 17.3 Å². The van der Waals surface area contributed by atoms with E-state index in [2.05, 4.69) is 10.2 Å². The molecule has 14 nitrogen and oxygen atoms in total. The van der Waals surface area contributed by atoms with E-state index in [4.69, 9.17) is 31.5 Å². The lowest BCUT2D eigenvalue weighted by molar-refractivity contribution is -0.173. The fourth-order valence-corrected chi connectivity index (χ4v) is 9.09. The van der Waals surface area contributed by atoms with Crippen molar-refractivity contribution in [2.75, 3.05) is 70.2 Å². The minimum absolute atomic E-state index is 0.0495. The third-order valence-corrected chi connectivity index (χ3v) is 12.9. The Hall–Kier alpha value is -4.77. The lowest BCUT2D eigenvalue weighted by Gasteiger charge is -2.41. The average Bonchev–Trinajstić information content (AvgIpc) is 3.41. The Balaban J connectivity index is 1.02. The van der Waals surface area contributed by atoms with Crippen LogP contribution in [0.5, 0.6) is 0 Å². The predicted octanol–water partition coefficient (Wildman–Crippen LogP) is 6.97. The molecule has 18 heteroatoms. The normalized spacial score (nSPS) is 19.3. The molecule has 4 aliphatic heterocycles. The Labute approximate surface area is 365 Å². The van der Waals surface area contributed by atoms with Crippen LogP contribution in [-0.2, 0) is 47.6 Å². The van der Waals surface area contributed by atoms with Gasteiger partial charge in [-0.2, -0.15) is 13.2 Å². The molecular weight excluding hydrogens is 833 g/mol. The van der Waals surface area contributed by atoms with E-state index in [0.29, 0.717) is 70.1 Å². The van der Waals surface area contributed by atoms with Gasteiger partial charge >= 0.3 is 30.2 Å². The van der Waals surface area contributed by atoms with E-state index in [-0.39, 0.29) is 48.6 Å². The summed E-state index contributed by atoms with van der Waals surface area (Å²) in [6, 6.07) is 9.43. The topological polar surface area (TPSA) is 164 Å².